The molecule has 2 heteroatoms. The maximum atomic E-state index is 11.5. The Labute approximate surface area is 99.1 Å². The molecule has 0 spiro atoms. The molecule has 0 amide bonds. The molecule has 0 bridgehead atoms. The maximum absolute atomic E-state index is 11.5. The van der Waals surface area contributed by atoms with Gasteiger partial charge in [-0.15, -0.1) is 0 Å². The van der Waals surface area contributed by atoms with Crippen LogP contribution in [0.15, 0.2) is 12.2 Å². The molecule has 0 aromatic rings. The predicted molar refractivity (Wildman–Crippen MR) is 66.1 cm³/mol. The Morgan fingerprint density at radius 2 is 2.19 bits per heavy atom. The summed E-state index contributed by atoms with van der Waals surface area (Å²) in [4.78, 5) is 11.5. The zero-order valence-electron chi connectivity index (χ0n) is 10.8. The SMILES string of the molecule is C=C(C)C(=O)OC(CC)C1CCCC(C)C1. The van der Waals surface area contributed by atoms with Crippen molar-refractivity contribution in [1.29, 1.82) is 0 Å². The number of carbonyl (C=O) groups excluding carboxylic acids is 1. The van der Waals surface area contributed by atoms with E-state index < -0.39 is 0 Å². The third-order valence-corrected chi connectivity index (χ3v) is 3.51. The van der Waals surface area contributed by atoms with Gasteiger partial charge in [-0.3, -0.25) is 0 Å². The number of carbonyl (C=O) groups is 1. The van der Waals surface area contributed by atoms with Crippen molar-refractivity contribution in [3.05, 3.63) is 12.2 Å². The molecule has 1 fully saturated rings. The van der Waals surface area contributed by atoms with Crippen LogP contribution in [0, 0.1) is 11.8 Å². The fourth-order valence-corrected chi connectivity index (χ4v) is 2.57. The quantitative estimate of drug-likeness (QED) is 0.537. The fourth-order valence-electron chi connectivity index (χ4n) is 2.57. The van der Waals surface area contributed by atoms with Gasteiger partial charge in [0.2, 0.25) is 0 Å². The lowest BCUT2D eigenvalue weighted by atomic mass is 9.79. The first kappa shape index (κ1) is 13.3. The lowest BCUT2D eigenvalue weighted by Crippen LogP contribution is -2.30. The number of hydrogen-bond acceptors (Lipinski definition) is 2. The monoisotopic (exact) mass is 224 g/mol. The second-order valence-electron chi connectivity index (χ2n) is 5.16. The molecular formula is C14H24O2. The summed E-state index contributed by atoms with van der Waals surface area (Å²) in [5.74, 6) is 1.10. The highest BCUT2D eigenvalue weighted by atomic mass is 16.5. The van der Waals surface area contributed by atoms with Crippen LogP contribution < -0.4 is 0 Å². The molecule has 2 nitrogen and oxygen atoms in total. The van der Waals surface area contributed by atoms with Gasteiger partial charge in [-0.2, -0.15) is 0 Å². The molecule has 3 atom stereocenters. The van der Waals surface area contributed by atoms with E-state index >= 15 is 0 Å². The third-order valence-electron chi connectivity index (χ3n) is 3.51. The molecule has 16 heavy (non-hydrogen) atoms. The smallest absolute Gasteiger partial charge is 0.333 e. The van der Waals surface area contributed by atoms with Crippen LogP contribution in [0.1, 0.15) is 52.9 Å². The van der Waals surface area contributed by atoms with Crippen molar-refractivity contribution in [2.45, 2.75) is 59.0 Å². The van der Waals surface area contributed by atoms with Gasteiger partial charge in [0, 0.05) is 5.57 Å². The van der Waals surface area contributed by atoms with Crippen LogP contribution in [-0.2, 0) is 9.53 Å². The van der Waals surface area contributed by atoms with Crippen molar-refractivity contribution in [3.8, 4) is 0 Å². The summed E-state index contributed by atoms with van der Waals surface area (Å²) in [6, 6.07) is 0. The summed E-state index contributed by atoms with van der Waals surface area (Å²) in [5, 5.41) is 0. The Bertz CT molecular complexity index is 257. The lowest BCUT2D eigenvalue weighted by Gasteiger charge is -2.32. The predicted octanol–water partition coefficient (Wildman–Crippen LogP) is 3.71. The van der Waals surface area contributed by atoms with Gasteiger partial charge in [-0.1, -0.05) is 33.3 Å². The third kappa shape index (κ3) is 3.66. The molecule has 0 N–H and O–H groups in total. The molecule has 0 saturated heterocycles. The molecule has 1 aliphatic rings. The van der Waals surface area contributed by atoms with E-state index in [2.05, 4.69) is 20.4 Å². The van der Waals surface area contributed by atoms with Gasteiger partial charge in [0.05, 0.1) is 0 Å². The van der Waals surface area contributed by atoms with Gasteiger partial charge in [0.25, 0.3) is 0 Å². The Hall–Kier alpha value is -0.790. The minimum atomic E-state index is -0.231. The molecule has 1 rings (SSSR count). The molecule has 0 radical (unpaired) electrons. The van der Waals surface area contributed by atoms with Gasteiger partial charge >= 0.3 is 5.97 Å². The van der Waals surface area contributed by atoms with E-state index in [1.54, 1.807) is 6.92 Å². The molecule has 3 unspecified atom stereocenters. The first-order valence-electron chi connectivity index (χ1n) is 6.41. The summed E-state index contributed by atoms with van der Waals surface area (Å²) < 4.78 is 5.51. The standard InChI is InChI=1S/C14H24O2/c1-5-13(16-14(15)10(2)3)12-8-6-7-11(4)9-12/h11-13H,2,5-9H2,1,3-4H3. The van der Waals surface area contributed by atoms with Crippen LogP contribution in [0.5, 0.6) is 0 Å². The normalized spacial score (nSPS) is 27.2. The topological polar surface area (TPSA) is 26.3 Å². The van der Waals surface area contributed by atoms with Crippen LogP contribution in [0.3, 0.4) is 0 Å². The average molecular weight is 224 g/mol. The van der Waals surface area contributed by atoms with Crippen molar-refractivity contribution >= 4 is 5.97 Å². The summed E-state index contributed by atoms with van der Waals surface area (Å²) >= 11 is 0. The molecule has 92 valence electrons. The summed E-state index contributed by atoms with van der Waals surface area (Å²) in [6.45, 7) is 9.72. The van der Waals surface area contributed by atoms with E-state index in [1.165, 1.54) is 25.7 Å². The number of hydrogen-bond donors (Lipinski definition) is 0. The van der Waals surface area contributed by atoms with Crippen molar-refractivity contribution in [2.24, 2.45) is 11.8 Å². The summed E-state index contributed by atoms with van der Waals surface area (Å²) in [5.41, 5.74) is 0.502. The minimum absolute atomic E-state index is 0.0898. The maximum Gasteiger partial charge on any atom is 0.333 e. The van der Waals surface area contributed by atoms with Gasteiger partial charge in [0.1, 0.15) is 6.10 Å². The van der Waals surface area contributed by atoms with Crippen LogP contribution in [0.4, 0.5) is 0 Å². The Balaban J connectivity index is 2.52. The minimum Gasteiger partial charge on any atom is -0.459 e. The molecule has 1 saturated carbocycles. The van der Waals surface area contributed by atoms with E-state index in [0.717, 1.165) is 12.3 Å². The highest BCUT2D eigenvalue weighted by Gasteiger charge is 2.28. The molecule has 0 heterocycles. The molecular weight excluding hydrogens is 200 g/mol. The van der Waals surface area contributed by atoms with Crippen LogP contribution in [-0.4, -0.2) is 12.1 Å². The van der Waals surface area contributed by atoms with Crippen molar-refractivity contribution in [3.63, 3.8) is 0 Å². The zero-order valence-corrected chi connectivity index (χ0v) is 10.8. The molecule has 0 aliphatic heterocycles. The highest BCUT2D eigenvalue weighted by molar-refractivity contribution is 5.87. The van der Waals surface area contributed by atoms with Crippen LogP contribution in [0.25, 0.3) is 0 Å². The Morgan fingerprint density at radius 3 is 2.69 bits per heavy atom. The van der Waals surface area contributed by atoms with Gasteiger partial charge in [0.15, 0.2) is 0 Å². The van der Waals surface area contributed by atoms with E-state index in [0.29, 0.717) is 11.5 Å². The van der Waals surface area contributed by atoms with Crippen molar-refractivity contribution < 1.29 is 9.53 Å². The van der Waals surface area contributed by atoms with Gasteiger partial charge in [-0.25, -0.2) is 4.79 Å². The lowest BCUT2D eigenvalue weighted by molar-refractivity contribution is -0.148. The number of esters is 1. The fraction of sp³-hybridized carbons (Fsp3) is 0.786. The molecule has 0 aromatic carbocycles. The van der Waals surface area contributed by atoms with Crippen molar-refractivity contribution in [2.75, 3.05) is 0 Å². The molecule has 1 aliphatic carbocycles. The van der Waals surface area contributed by atoms with Crippen LogP contribution in [0.2, 0.25) is 0 Å². The second-order valence-corrected chi connectivity index (χ2v) is 5.16. The summed E-state index contributed by atoms with van der Waals surface area (Å²) in [7, 11) is 0. The van der Waals surface area contributed by atoms with E-state index in [-0.39, 0.29) is 12.1 Å². The van der Waals surface area contributed by atoms with Gasteiger partial charge < -0.3 is 4.74 Å². The highest BCUT2D eigenvalue weighted by Crippen LogP contribution is 2.33. The first-order chi connectivity index (χ1) is 7.54. The van der Waals surface area contributed by atoms with E-state index in [1.807, 2.05) is 0 Å². The average Bonchev–Trinajstić information content (AvgIpc) is 2.25. The first-order valence-corrected chi connectivity index (χ1v) is 6.41. The Kier molecular flexibility index (Phi) is 5.04. The van der Waals surface area contributed by atoms with Crippen LogP contribution >= 0.6 is 0 Å². The largest absolute Gasteiger partial charge is 0.459 e. The van der Waals surface area contributed by atoms with E-state index in [9.17, 15) is 4.79 Å². The zero-order chi connectivity index (χ0) is 12.1. The number of rotatable bonds is 4. The van der Waals surface area contributed by atoms with Gasteiger partial charge in [-0.05, 0) is 38.0 Å². The number of ether oxygens (including phenoxy) is 1. The molecule has 0 aromatic heterocycles. The van der Waals surface area contributed by atoms with Crippen molar-refractivity contribution in [1.82, 2.24) is 0 Å². The summed E-state index contributed by atoms with van der Waals surface area (Å²) in [6.07, 6.45) is 5.99. The Morgan fingerprint density at radius 1 is 1.50 bits per heavy atom. The second kappa shape index (κ2) is 6.07. The van der Waals surface area contributed by atoms with E-state index in [4.69, 9.17) is 4.74 Å².